The molecule has 0 amide bonds. The predicted octanol–water partition coefficient (Wildman–Crippen LogP) is 3.15. The van der Waals surface area contributed by atoms with Crippen molar-refractivity contribution in [2.75, 3.05) is 19.7 Å². The lowest BCUT2D eigenvalue weighted by Crippen LogP contribution is -2.42. The third-order valence-electron chi connectivity index (χ3n) is 4.35. The number of likely N-dealkylation sites (tertiary alicyclic amines) is 1. The molecule has 1 fully saturated rings. The van der Waals surface area contributed by atoms with E-state index >= 15 is 0 Å². The Balaban J connectivity index is 1.81. The van der Waals surface area contributed by atoms with Gasteiger partial charge in [0.15, 0.2) is 0 Å². The standard InChI is InChI=1S/C16H27NO2/c1-2-19-16(18)14-10-12-17(13-11-14)15-8-6-4-3-5-7-9-15/h6,8,14-15H,2-5,7,9-13H2,1H3/b8-6+. The van der Waals surface area contributed by atoms with Gasteiger partial charge in [0, 0.05) is 6.04 Å². The van der Waals surface area contributed by atoms with Gasteiger partial charge < -0.3 is 4.74 Å². The van der Waals surface area contributed by atoms with Gasteiger partial charge in [-0.2, -0.15) is 0 Å². The Labute approximate surface area is 117 Å². The lowest BCUT2D eigenvalue weighted by molar-refractivity contribution is -0.149. The number of ether oxygens (including phenoxy) is 1. The summed E-state index contributed by atoms with van der Waals surface area (Å²) in [6.45, 7) is 4.47. The number of nitrogens with zero attached hydrogens (tertiary/aromatic N) is 1. The van der Waals surface area contributed by atoms with Gasteiger partial charge in [0.05, 0.1) is 12.5 Å². The number of carbonyl (C=O) groups excluding carboxylic acids is 1. The molecule has 2 aliphatic rings. The Kier molecular flexibility index (Phi) is 5.90. The molecule has 3 heteroatoms. The van der Waals surface area contributed by atoms with Crippen LogP contribution in [-0.2, 0) is 9.53 Å². The van der Waals surface area contributed by atoms with Crippen LogP contribution in [0.15, 0.2) is 12.2 Å². The minimum Gasteiger partial charge on any atom is -0.466 e. The monoisotopic (exact) mass is 265 g/mol. The molecular weight excluding hydrogens is 238 g/mol. The van der Waals surface area contributed by atoms with Crippen LogP contribution in [-0.4, -0.2) is 36.6 Å². The van der Waals surface area contributed by atoms with Crippen LogP contribution in [0.4, 0.5) is 0 Å². The Morgan fingerprint density at radius 1 is 1.21 bits per heavy atom. The number of carbonyl (C=O) groups is 1. The fourth-order valence-corrected chi connectivity index (χ4v) is 3.17. The molecular formula is C16H27NO2. The lowest BCUT2D eigenvalue weighted by atomic mass is 9.93. The van der Waals surface area contributed by atoms with Gasteiger partial charge in [0.2, 0.25) is 0 Å². The summed E-state index contributed by atoms with van der Waals surface area (Å²) in [5.74, 6) is 0.143. The lowest BCUT2D eigenvalue weighted by Gasteiger charge is -2.36. The van der Waals surface area contributed by atoms with E-state index in [-0.39, 0.29) is 11.9 Å². The van der Waals surface area contributed by atoms with Crippen LogP contribution in [0.2, 0.25) is 0 Å². The average molecular weight is 265 g/mol. The molecule has 108 valence electrons. The van der Waals surface area contributed by atoms with Crippen molar-refractivity contribution in [1.82, 2.24) is 4.90 Å². The minimum absolute atomic E-state index is 0.00959. The van der Waals surface area contributed by atoms with Crippen molar-refractivity contribution in [2.24, 2.45) is 5.92 Å². The molecule has 0 N–H and O–H groups in total. The Morgan fingerprint density at radius 3 is 2.74 bits per heavy atom. The molecule has 0 bridgehead atoms. The maximum absolute atomic E-state index is 11.7. The molecule has 1 saturated heterocycles. The summed E-state index contributed by atoms with van der Waals surface area (Å²) in [5.41, 5.74) is 0. The maximum atomic E-state index is 11.7. The largest absolute Gasteiger partial charge is 0.466 e. The zero-order chi connectivity index (χ0) is 13.5. The maximum Gasteiger partial charge on any atom is 0.309 e. The second kappa shape index (κ2) is 7.68. The van der Waals surface area contributed by atoms with Crippen LogP contribution in [0.3, 0.4) is 0 Å². The Hall–Kier alpha value is -0.830. The van der Waals surface area contributed by atoms with Crippen molar-refractivity contribution < 1.29 is 9.53 Å². The minimum atomic E-state index is 0.00959. The van der Waals surface area contributed by atoms with Crippen LogP contribution in [0.1, 0.15) is 51.9 Å². The molecule has 2 rings (SSSR count). The van der Waals surface area contributed by atoms with Gasteiger partial charge in [-0.15, -0.1) is 0 Å². The first-order chi connectivity index (χ1) is 9.31. The number of hydrogen-bond acceptors (Lipinski definition) is 3. The van der Waals surface area contributed by atoms with Crippen molar-refractivity contribution in [3.8, 4) is 0 Å². The first-order valence-electron chi connectivity index (χ1n) is 7.88. The molecule has 19 heavy (non-hydrogen) atoms. The molecule has 1 atom stereocenters. The molecule has 1 aliphatic carbocycles. The van der Waals surface area contributed by atoms with Gasteiger partial charge in [-0.05, 0) is 52.1 Å². The molecule has 1 unspecified atom stereocenters. The van der Waals surface area contributed by atoms with E-state index in [2.05, 4.69) is 17.1 Å². The molecule has 0 aromatic heterocycles. The van der Waals surface area contributed by atoms with E-state index in [1.54, 1.807) is 0 Å². The highest BCUT2D eigenvalue weighted by Gasteiger charge is 2.28. The molecule has 0 spiro atoms. The molecule has 1 heterocycles. The summed E-state index contributed by atoms with van der Waals surface area (Å²) in [6, 6.07) is 0.600. The highest BCUT2D eigenvalue weighted by atomic mass is 16.5. The van der Waals surface area contributed by atoms with E-state index in [1.807, 2.05) is 6.92 Å². The summed E-state index contributed by atoms with van der Waals surface area (Å²) in [6.07, 6.45) is 13.2. The number of piperidine rings is 1. The van der Waals surface area contributed by atoms with Gasteiger partial charge >= 0.3 is 5.97 Å². The van der Waals surface area contributed by atoms with Crippen molar-refractivity contribution in [1.29, 1.82) is 0 Å². The zero-order valence-corrected chi connectivity index (χ0v) is 12.1. The highest BCUT2D eigenvalue weighted by Crippen LogP contribution is 2.24. The number of esters is 1. The molecule has 0 saturated carbocycles. The summed E-state index contributed by atoms with van der Waals surface area (Å²) >= 11 is 0. The van der Waals surface area contributed by atoms with Crippen LogP contribution in [0, 0.1) is 5.92 Å². The van der Waals surface area contributed by atoms with Crippen molar-refractivity contribution in [3.05, 3.63) is 12.2 Å². The van der Waals surface area contributed by atoms with E-state index in [9.17, 15) is 4.79 Å². The van der Waals surface area contributed by atoms with Crippen molar-refractivity contribution >= 4 is 5.97 Å². The summed E-state index contributed by atoms with van der Waals surface area (Å²) in [7, 11) is 0. The fourth-order valence-electron chi connectivity index (χ4n) is 3.17. The summed E-state index contributed by atoms with van der Waals surface area (Å²) in [4.78, 5) is 14.3. The third-order valence-corrected chi connectivity index (χ3v) is 4.35. The van der Waals surface area contributed by atoms with E-state index in [4.69, 9.17) is 4.74 Å². The second-order valence-electron chi connectivity index (χ2n) is 5.70. The smallest absolute Gasteiger partial charge is 0.309 e. The summed E-state index contributed by atoms with van der Waals surface area (Å²) in [5, 5.41) is 0. The zero-order valence-electron chi connectivity index (χ0n) is 12.1. The van der Waals surface area contributed by atoms with Gasteiger partial charge in [-0.1, -0.05) is 25.0 Å². The fraction of sp³-hybridized carbons (Fsp3) is 0.812. The first-order valence-corrected chi connectivity index (χ1v) is 7.88. The second-order valence-corrected chi connectivity index (χ2v) is 5.70. The van der Waals surface area contributed by atoms with Gasteiger partial charge in [-0.25, -0.2) is 0 Å². The van der Waals surface area contributed by atoms with Crippen LogP contribution in [0.5, 0.6) is 0 Å². The number of allylic oxidation sites excluding steroid dienone is 1. The van der Waals surface area contributed by atoms with Gasteiger partial charge in [-0.3, -0.25) is 9.69 Å². The quantitative estimate of drug-likeness (QED) is 0.580. The topological polar surface area (TPSA) is 29.5 Å². The molecule has 3 nitrogen and oxygen atoms in total. The van der Waals surface area contributed by atoms with Crippen molar-refractivity contribution in [3.63, 3.8) is 0 Å². The molecule has 1 aliphatic heterocycles. The van der Waals surface area contributed by atoms with Crippen molar-refractivity contribution in [2.45, 2.75) is 57.9 Å². The third kappa shape index (κ3) is 4.34. The normalized spacial score (nSPS) is 28.4. The Morgan fingerprint density at radius 2 is 2.00 bits per heavy atom. The Bertz CT molecular complexity index is 306. The van der Waals surface area contributed by atoms with E-state index in [0.29, 0.717) is 12.6 Å². The molecule has 0 aromatic rings. The summed E-state index contributed by atoms with van der Waals surface area (Å²) < 4.78 is 5.13. The highest BCUT2D eigenvalue weighted by molar-refractivity contribution is 5.72. The first kappa shape index (κ1) is 14.6. The molecule has 0 radical (unpaired) electrons. The van der Waals surface area contributed by atoms with Crippen LogP contribution in [0.25, 0.3) is 0 Å². The number of rotatable bonds is 3. The van der Waals surface area contributed by atoms with E-state index < -0.39 is 0 Å². The van der Waals surface area contributed by atoms with E-state index in [0.717, 1.165) is 25.9 Å². The average Bonchev–Trinajstić information content (AvgIpc) is 2.39. The van der Waals surface area contributed by atoms with Crippen LogP contribution < -0.4 is 0 Å². The van der Waals surface area contributed by atoms with Crippen LogP contribution >= 0.6 is 0 Å². The number of hydrogen-bond donors (Lipinski definition) is 0. The van der Waals surface area contributed by atoms with Gasteiger partial charge in [0.1, 0.15) is 0 Å². The van der Waals surface area contributed by atoms with E-state index in [1.165, 1.54) is 32.1 Å². The SMILES string of the molecule is CCOC(=O)C1CCN(C2/C=C/CCCCC2)CC1. The van der Waals surface area contributed by atoms with Gasteiger partial charge in [0.25, 0.3) is 0 Å². The predicted molar refractivity (Wildman–Crippen MR) is 76.9 cm³/mol. The molecule has 0 aromatic carbocycles.